The van der Waals surface area contributed by atoms with Gasteiger partial charge in [0.2, 0.25) is 10.0 Å². The molecule has 2 rings (SSSR count). The predicted molar refractivity (Wildman–Crippen MR) is 72.1 cm³/mol. The summed E-state index contributed by atoms with van der Waals surface area (Å²) in [7, 11) is -3.16. The SMILES string of the molecule is O=S(=O)(CCCCNC1CC1)NCCc1ncn[nH]1. The Morgan fingerprint density at radius 2 is 2.16 bits per heavy atom. The largest absolute Gasteiger partial charge is 0.314 e. The van der Waals surface area contributed by atoms with E-state index in [1.165, 1.54) is 19.2 Å². The van der Waals surface area contributed by atoms with Crippen LogP contribution in [0.3, 0.4) is 0 Å². The van der Waals surface area contributed by atoms with Crippen LogP contribution in [-0.2, 0) is 16.4 Å². The first-order chi connectivity index (χ1) is 9.16. The summed E-state index contributed by atoms with van der Waals surface area (Å²) in [6, 6.07) is 0.691. The lowest BCUT2D eigenvalue weighted by Gasteiger charge is -2.06. The number of nitrogens with zero attached hydrogens (tertiary/aromatic N) is 2. The van der Waals surface area contributed by atoms with Gasteiger partial charge in [0.25, 0.3) is 0 Å². The number of unbranched alkanes of at least 4 members (excludes halogenated alkanes) is 1. The molecule has 0 unspecified atom stereocenters. The Bertz CT molecular complexity index is 455. The van der Waals surface area contributed by atoms with Gasteiger partial charge in [-0.25, -0.2) is 18.1 Å². The average Bonchev–Trinajstić information content (AvgIpc) is 3.04. The molecule has 0 saturated heterocycles. The van der Waals surface area contributed by atoms with Crippen molar-refractivity contribution >= 4 is 10.0 Å². The third-order valence-corrected chi connectivity index (χ3v) is 4.47. The van der Waals surface area contributed by atoms with E-state index >= 15 is 0 Å². The van der Waals surface area contributed by atoms with Crippen LogP contribution in [0, 0.1) is 0 Å². The molecular weight excluding hydrogens is 266 g/mol. The van der Waals surface area contributed by atoms with Gasteiger partial charge in [0.15, 0.2) is 0 Å². The van der Waals surface area contributed by atoms with E-state index in [9.17, 15) is 8.42 Å². The third-order valence-electron chi connectivity index (χ3n) is 3.00. The van der Waals surface area contributed by atoms with Crippen LogP contribution in [0.1, 0.15) is 31.5 Å². The highest BCUT2D eigenvalue weighted by Gasteiger charge is 2.19. The number of H-pyrrole nitrogens is 1. The van der Waals surface area contributed by atoms with Gasteiger partial charge in [0.05, 0.1) is 5.75 Å². The second-order valence-electron chi connectivity index (χ2n) is 4.83. The van der Waals surface area contributed by atoms with Crippen LogP contribution < -0.4 is 10.0 Å². The van der Waals surface area contributed by atoms with Crippen LogP contribution >= 0.6 is 0 Å². The van der Waals surface area contributed by atoms with E-state index in [1.807, 2.05) is 0 Å². The fourth-order valence-electron chi connectivity index (χ4n) is 1.76. The Labute approximate surface area is 113 Å². The van der Waals surface area contributed by atoms with E-state index in [0.29, 0.717) is 31.3 Å². The molecule has 0 aromatic carbocycles. The summed E-state index contributed by atoms with van der Waals surface area (Å²) < 4.78 is 26.0. The predicted octanol–water partition coefficient (Wildman–Crippen LogP) is -0.201. The molecule has 1 saturated carbocycles. The van der Waals surface area contributed by atoms with Gasteiger partial charge in [0.1, 0.15) is 12.2 Å². The minimum absolute atomic E-state index is 0.190. The molecule has 0 radical (unpaired) electrons. The van der Waals surface area contributed by atoms with E-state index in [0.717, 1.165) is 13.0 Å². The van der Waals surface area contributed by atoms with Gasteiger partial charge in [-0.05, 0) is 32.2 Å². The van der Waals surface area contributed by atoms with Crippen molar-refractivity contribution in [1.29, 1.82) is 0 Å². The summed E-state index contributed by atoms with van der Waals surface area (Å²) in [5, 5.41) is 9.77. The minimum Gasteiger partial charge on any atom is -0.314 e. The summed E-state index contributed by atoms with van der Waals surface area (Å²) in [5.41, 5.74) is 0. The molecule has 1 fully saturated rings. The van der Waals surface area contributed by atoms with Crippen molar-refractivity contribution < 1.29 is 8.42 Å². The lowest BCUT2D eigenvalue weighted by atomic mass is 10.3. The second kappa shape index (κ2) is 6.97. The minimum atomic E-state index is -3.16. The van der Waals surface area contributed by atoms with Crippen LogP contribution in [-0.4, -0.2) is 48.5 Å². The smallest absolute Gasteiger partial charge is 0.211 e. The Morgan fingerprint density at radius 3 is 2.84 bits per heavy atom. The summed E-state index contributed by atoms with van der Waals surface area (Å²) in [5.74, 6) is 0.881. The summed E-state index contributed by atoms with van der Waals surface area (Å²) in [6.07, 6.45) is 6.07. The van der Waals surface area contributed by atoms with E-state index in [4.69, 9.17) is 0 Å². The topological polar surface area (TPSA) is 99.8 Å². The first kappa shape index (κ1) is 14.4. The van der Waals surface area contributed by atoms with E-state index in [2.05, 4.69) is 25.2 Å². The Balaban J connectivity index is 1.53. The summed E-state index contributed by atoms with van der Waals surface area (Å²) in [4.78, 5) is 3.93. The molecule has 0 aliphatic heterocycles. The third kappa shape index (κ3) is 6.13. The molecule has 0 spiro atoms. The molecule has 3 N–H and O–H groups in total. The van der Waals surface area contributed by atoms with Gasteiger partial charge in [0, 0.05) is 19.0 Å². The number of hydrogen-bond donors (Lipinski definition) is 3. The van der Waals surface area contributed by atoms with Gasteiger partial charge in [-0.2, -0.15) is 5.10 Å². The number of aromatic amines is 1. The van der Waals surface area contributed by atoms with E-state index in [1.54, 1.807) is 0 Å². The molecule has 1 aliphatic rings. The molecular formula is C11H21N5O2S. The zero-order valence-electron chi connectivity index (χ0n) is 10.9. The van der Waals surface area contributed by atoms with Crippen molar-refractivity contribution in [2.75, 3.05) is 18.8 Å². The van der Waals surface area contributed by atoms with Crippen LogP contribution in [0.15, 0.2) is 6.33 Å². The zero-order valence-corrected chi connectivity index (χ0v) is 11.7. The molecule has 0 amide bonds. The quantitative estimate of drug-likeness (QED) is 0.517. The fraction of sp³-hybridized carbons (Fsp3) is 0.818. The molecule has 1 aromatic heterocycles. The highest BCUT2D eigenvalue weighted by Crippen LogP contribution is 2.18. The molecule has 1 heterocycles. The summed E-state index contributed by atoms with van der Waals surface area (Å²) in [6.45, 7) is 1.27. The van der Waals surface area contributed by atoms with Gasteiger partial charge >= 0.3 is 0 Å². The fourth-order valence-corrected chi connectivity index (χ4v) is 2.90. The zero-order chi connectivity index (χ0) is 13.6. The molecule has 1 aromatic rings. The number of nitrogens with one attached hydrogen (secondary N) is 3. The maximum Gasteiger partial charge on any atom is 0.211 e. The molecule has 8 heteroatoms. The number of sulfonamides is 1. The van der Waals surface area contributed by atoms with Crippen molar-refractivity contribution in [3.63, 3.8) is 0 Å². The summed E-state index contributed by atoms with van der Waals surface area (Å²) >= 11 is 0. The first-order valence-electron chi connectivity index (χ1n) is 6.71. The molecule has 7 nitrogen and oxygen atoms in total. The van der Waals surface area contributed by atoms with Crippen molar-refractivity contribution in [3.8, 4) is 0 Å². The molecule has 108 valence electrons. The van der Waals surface area contributed by atoms with Crippen molar-refractivity contribution in [3.05, 3.63) is 12.2 Å². The standard InChI is InChI=1S/C11H21N5O2S/c17-19(18,8-2-1-6-12-10-3-4-10)15-7-5-11-13-9-14-16-11/h9-10,12,15H,1-8H2,(H,13,14,16). The van der Waals surface area contributed by atoms with Crippen LogP contribution in [0.5, 0.6) is 0 Å². The first-order valence-corrected chi connectivity index (χ1v) is 8.36. The Hall–Kier alpha value is -0.990. The van der Waals surface area contributed by atoms with Gasteiger partial charge < -0.3 is 5.32 Å². The van der Waals surface area contributed by atoms with Crippen molar-refractivity contribution in [2.45, 2.75) is 38.1 Å². The maximum absolute atomic E-state index is 11.7. The maximum atomic E-state index is 11.7. The highest BCUT2D eigenvalue weighted by atomic mass is 32.2. The average molecular weight is 287 g/mol. The number of aromatic nitrogens is 3. The van der Waals surface area contributed by atoms with Crippen molar-refractivity contribution in [1.82, 2.24) is 25.2 Å². The normalized spacial score (nSPS) is 15.8. The Morgan fingerprint density at radius 1 is 1.32 bits per heavy atom. The van der Waals surface area contributed by atoms with Gasteiger partial charge in [-0.3, -0.25) is 5.10 Å². The molecule has 19 heavy (non-hydrogen) atoms. The van der Waals surface area contributed by atoms with Crippen LogP contribution in [0.25, 0.3) is 0 Å². The lowest BCUT2D eigenvalue weighted by Crippen LogP contribution is -2.29. The molecule has 0 bridgehead atoms. The number of rotatable bonds is 10. The molecule has 1 aliphatic carbocycles. The monoisotopic (exact) mass is 287 g/mol. The molecule has 0 atom stereocenters. The van der Waals surface area contributed by atoms with Crippen LogP contribution in [0.4, 0.5) is 0 Å². The van der Waals surface area contributed by atoms with Gasteiger partial charge in [-0.1, -0.05) is 0 Å². The van der Waals surface area contributed by atoms with Crippen molar-refractivity contribution in [2.24, 2.45) is 0 Å². The lowest BCUT2D eigenvalue weighted by molar-refractivity contribution is 0.572. The highest BCUT2D eigenvalue weighted by molar-refractivity contribution is 7.89. The number of hydrogen-bond acceptors (Lipinski definition) is 5. The second-order valence-corrected chi connectivity index (χ2v) is 6.76. The Kier molecular flexibility index (Phi) is 5.29. The van der Waals surface area contributed by atoms with E-state index in [-0.39, 0.29) is 5.75 Å². The van der Waals surface area contributed by atoms with Gasteiger partial charge in [-0.15, -0.1) is 0 Å². The van der Waals surface area contributed by atoms with Crippen LogP contribution in [0.2, 0.25) is 0 Å². The van der Waals surface area contributed by atoms with E-state index < -0.39 is 10.0 Å².